The molecule has 4 aromatic carbocycles. The van der Waals surface area contributed by atoms with E-state index in [0.717, 1.165) is 6.07 Å². The van der Waals surface area contributed by atoms with Gasteiger partial charge in [-0.2, -0.15) is 13.2 Å². The molecule has 0 aliphatic rings. The van der Waals surface area contributed by atoms with Gasteiger partial charge in [0.25, 0.3) is 0 Å². The van der Waals surface area contributed by atoms with Crippen molar-refractivity contribution >= 4 is 25.8 Å². The van der Waals surface area contributed by atoms with Crippen LogP contribution in [0.3, 0.4) is 0 Å². The van der Waals surface area contributed by atoms with Gasteiger partial charge in [-0.1, -0.05) is 48.5 Å². The van der Waals surface area contributed by atoms with E-state index in [1.807, 2.05) is 0 Å². The summed E-state index contributed by atoms with van der Waals surface area (Å²) < 4.78 is 95.4. The Morgan fingerprint density at radius 1 is 0.744 bits per heavy atom. The average Bonchev–Trinajstić information content (AvgIpc) is 2.92. The lowest BCUT2D eigenvalue weighted by molar-refractivity contribution is -0.139. The second-order valence-corrected chi connectivity index (χ2v) is 12.1. The molecule has 0 heterocycles. The van der Waals surface area contributed by atoms with Gasteiger partial charge in [-0.05, 0) is 65.2 Å². The predicted molar refractivity (Wildman–Crippen MR) is 136 cm³/mol. The molecule has 0 saturated heterocycles. The highest BCUT2D eigenvalue weighted by molar-refractivity contribution is 7.91. The Kier molecular flexibility index (Phi) is 7.64. The molecule has 0 unspecified atom stereocenters. The quantitative estimate of drug-likeness (QED) is 0.291. The summed E-state index contributed by atoms with van der Waals surface area (Å²) in [6.45, 7) is -0.393. The number of sulfonamides is 1. The number of carboxylic acid groups (broad SMARTS) is 1. The molecule has 4 aromatic rings. The van der Waals surface area contributed by atoms with Crippen LogP contribution in [0.2, 0.25) is 0 Å². The van der Waals surface area contributed by atoms with E-state index in [1.54, 1.807) is 42.5 Å². The Hall–Kier alpha value is -4.00. The molecule has 4 rings (SSSR count). The fraction of sp³-hybridized carbons (Fsp3) is 0.0741. The first-order valence-corrected chi connectivity index (χ1v) is 14.2. The number of nitrogens with one attached hydrogen (secondary N) is 1. The highest BCUT2D eigenvalue weighted by Crippen LogP contribution is 2.36. The number of rotatable bonds is 8. The summed E-state index contributed by atoms with van der Waals surface area (Å²) >= 11 is 0. The summed E-state index contributed by atoms with van der Waals surface area (Å²) in [5, 5.41) is 9.05. The zero-order chi connectivity index (χ0) is 28.4. The molecule has 39 heavy (non-hydrogen) atoms. The van der Waals surface area contributed by atoms with Gasteiger partial charge in [0.15, 0.2) is 0 Å². The van der Waals surface area contributed by atoms with Crippen LogP contribution >= 0.6 is 0 Å². The Morgan fingerprint density at radius 3 is 2.03 bits per heavy atom. The first kappa shape index (κ1) is 28.0. The van der Waals surface area contributed by atoms with Gasteiger partial charge in [0, 0.05) is 6.54 Å². The van der Waals surface area contributed by atoms with E-state index >= 15 is 0 Å². The van der Waals surface area contributed by atoms with Gasteiger partial charge in [0.2, 0.25) is 19.9 Å². The van der Waals surface area contributed by atoms with Crippen molar-refractivity contribution in [3.63, 3.8) is 0 Å². The summed E-state index contributed by atoms with van der Waals surface area (Å²) in [6.07, 6.45) is -5.07. The van der Waals surface area contributed by atoms with Crippen molar-refractivity contribution in [2.24, 2.45) is 0 Å². The molecule has 0 amide bonds. The molecule has 0 fully saturated rings. The zero-order valence-corrected chi connectivity index (χ0v) is 21.5. The van der Waals surface area contributed by atoms with Crippen molar-refractivity contribution in [1.29, 1.82) is 0 Å². The maximum atomic E-state index is 13.7. The van der Waals surface area contributed by atoms with Crippen LogP contribution < -0.4 is 4.72 Å². The van der Waals surface area contributed by atoms with Crippen molar-refractivity contribution in [3.8, 4) is 11.1 Å². The molecule has 0 aliphatic heterocycles. The molecule has 12 heteroatoms. The lowest BCUT2D eigenvalue weighted by Gasteiger charge is -2.16. The lowest BCUT2D eigenvalue weighted by atomic mass is 10.0. The van der Waals surface area contributed by atoms with E-state index in [0.29, 0.717) is 28.8 Å². The van der Waals surface area contributed by atoms with Crippen LogP contribution in [0, 0.1) is 0 Å². The van der Waals surface area contributed by atoms with Crippen LogP contribution in [0.25, 0.3) is 11.1 Å². The third-order valence-electron chi connectivity index (χ3n) is 5.77. The minimum Gasteiger partial charge on any atom is -0.478 e. The normalized spacial score (nSPS) is 12.3. The van der Waals surface area contributed by atoms with Crippen LogP contribution in [-0.2, 0) is 32.6 Å². The monoisotopic (exact) mass is 575 g/mol. The summed E-state index contributed by atoms with van der Waals surface area (Å²) in [6, 6.07) is 21.0. The smallest absolute Gasteiger partial charge is 0.417 e. The SMILES string of the molecule is O=C(O)c1ccc(-c2cccc(CNS(=O)(=O)c3cc(S(=O)(=O)c4ccccc4)ccc3C(F)(F)F)c2)cc1. The summed E-state index contributed by atoms with van der Waals surface area (Å²) in [4.78, 5) is 9.05. The Bertz CT molecular complexity index is 1740. The molecular formula is C27H20F3NO6S2. The summed E-state index contributed by atoms with van der Waals surface area (Å²) in [5.74, 6) is -1.09. The second-order valence-electron chi connectivity index (χ2n) is 8.38. The number of benzene rings is 4. The molecule has 0 atom stereocenters. The van der Waals surface area contributed by atoms with Gasteiger partial charge in [-0.15, -0.1) is 0 Å². The third-order valence-corrected chi connectivity index (χ3v) is 8.98. The van der Waals surface area contributed by atoms with E-state index in [4.69, 9.17) is 5.11 Å². The number of carboxylic acids is 1. The van der Waals surface area contributed by atoms with Gasteiger partial charge in [-0.3, -0.25) is 0 Å². The second kappa shape index (κ2) is 10.6. The van der Waals surface area contributed by atoms with Crippen LogP contribution in [0.1, 0.15) is 21.5 Å². The van der Waals surface area contributed by atoms with Crippen LogP contribution in [0.5, 0.6) is 0 Å². The average molecular weight is 576 g/mol. The molecule has 0 aliphatic carbocycles. The van der Waals surface area contributed by atoms with E-state index in [1.165, 1.54) is 36.4 Å². The molecule has 7 nitrogen and oxygen atoms in total. The van der Waals surface area contributed by atoms with Gasteiger partial charge in [-0.25, -0.2) is 26.4 Å². The van der Waals surface area contributed by atoms with Crippen LogP contribution in [0.4, 0.5) is 13.2 Å². The van der Waals surface area contributed by atoms with Crippen molar-refractivity contribution in [3.05, 3.63) is 114 Å². The minimum absolute atomic E-state index is 0.0830. The van der Waals surface area contributed by atoms with E-state index in [-0.39, 0.29) is 10.5 Å². The number of alkyl halides is 3. The maximum absolute atomic E-state index is 13.7. The van der Waals surface area contributed by atoms with E-state index < -0.39 is 53.9 Å². The van der Waals surface area contributed by atoms with Crippen molar-refractivity contribution in [2.75, 3.05) is 0 Å². The fourth-order valence-electron chi connectivity index (χ4n) is 3.78. The number of carbonyl (C=O) groups is 1. The van der Waals surface area contributed by atoms with Crippen molar-refractivity contribution in [2.45, 2.75) is 27.4 Å². The predicted octanol–water partition coefficient (Wildman–Crippen LogP) is 5.38. The Morgan fingerprint density at radius 2 is 1.41 bits per heavy atom. The lowest BCUT2D eigenvalue weighted by Crippen LogP contribution is -2.26. The van der Waals surface area contributed by atoms with Gasteiger partial charge in [0.1, 0.15) is 0 Å². The molecule has 2 N–H and O–H groups in total. The van der Waals surface area contributed by atoms with Crippen LogP contribution in [0.15, 0.2) is 112 Å². The third kappa shape index (κ3) is 6.19. The number of hydrogen-bond donors (Lipinski definition) is 2. The highest BCUT2D eigenvalue weighted by Gasteiger charge is 2.38. The van der Waals surface area contributed by atoms with Gasteiger partial charge < -0.3 is 5.11 Å². The number of halogens is 3. The molecule has 0 bridgehead atoms. The molecular weight excluding hydrogens is 555 g/mol. The standard InChI is InChI=1S/C27H20F3NO6S2/c28-27(29,30)24-14-13-23(38(34,35)22-7-2-1-3-8-22)16-25(24)39(36,37)31-17-18-5-4-6-21(15-18)19-9-11-20(12-10-19)26(32)33/h1-16,31H,17H2,(H,32,33). The topological polar surface area (TPSA) is 118 Å². The number of sulfone groups is 1. The number of aromatic carboxylic acids is 1. The van der Waals surface area contributed by atoms with Gasteiger partial charge >= 0.3 is 12.1 Å². The molecule has 0 spiro atoms. The van der Waals surface area contributed by atoms with Crippen molar-refractivity contribution < 1.29 is 39.9 Å². The Balaban J connectivity index is 1.66. The van der Waals surface area contributed by atoms with Crippen LogP contribution in [-0.4, -0.2) is 27.9 Å². The maximum Gasteiger partial charge on any atom is 0.417 e. The zero-order valence-electron chi connectivity index (χ0n) is 19.9. The summed E-state index contributed by atoms with van der Waals surface area (Å²) in [7, 11) is -9.12. The van der Waals surface area contributed by atoms with Crippen molar-refractivity contribution in [1.82, 2.24) is 4.72 Å². The molecule has 0 aromatic heterocycles. The van der Waals surface area contributed by atoms with Gasteiger partial charge in [0.05, 0.1) is 25.8 Å². The largest absolute Gasteiger partial charge is 0.478 e. The summed E-state index contributed by atoms with van der Waals surface area (Å²) in [5.41, 5.74) is 0.243. The Labute approximate surface area is 222 Å². The first-order chi connectivity index (χ1) is 18.3. The molecule has 0 radical (unpaired) electrons. The van der Waals surface area contributed by atoms with E-state index in [2.05, 4.69) is 4.72 Å². The highest BCUT2D eigenvalue weighted by atomic mass is 32.2. The molecule has 202 valence electrons. The fourth-order valence-corrected chi connectivity index (χ4v) is 6.43. The number of hydrogen-bond acceptors (Lipinski definition) is 5. The van der Waals surface area contributed by atoms with E-state index in [9.17, 15) is 34.8 Å². The molecule has 0 saturated carbocycles. The first-order valence-electron chi connectivity index (χ1n) is 11.2. The minimum atomic E-state index is -5.07.